The van der Waals surface area contributed by atoms with Crippen LogP contribution in [0, 0.1) is 5.92 Å². The summed E-state index contributed by atoms with van der Waals surface area (Å²) in [5, 5.41) is 8.49. The summed E-state index contributed by atoms with van der Waals surface area (Å²) < 4.78 is 18.5. The predicted molar refractivity (Wildman–Crippen MR) is 45.3 cm³/mol. The van der Waals surface area contributed by atoms with Crippen molar-refractivity contribution in [3.8, 4) is 0 Å². The number of hydrogen-bond acceptors (Lipinski definition) is 2. The Balaban J connectivity index is 2.56. The molecule has 76 valence electrons. The van der Waals surface area contributed by atoms with Crippen molar-refractivity contribution in [3.05, 3.63) is 0 Å². The number of carboxylic acids is 1. The van der Waals surface area contributed by atoms with Crippen molar-refractivity contribution < 1.29 is 19.0 Å². The zero-order valence-corrected chi connectivity index (χ0v) is 7.92. The van der Waals surface area contributed by atoms with Crippen LogP contribution in [-0.2, 0) is 9.53 Å². The summed E-state index contributed by atoms with van der Waals surface area (Å²) in [5.41, 5.74) is -0.386. The largest absolute Gasteiger partial charge is 0.479 e. The van der Waals surface area contributed by atoms with Crippen molar-refractivity contribution in [2.75, 3.05) is 6.61 Å². The van der Waals surface area contributed by atoms with E-state index >= 15 is 0 Å². The summed E-state index contributed by atoms with van der Waals surface area (Å²) in [4.78, 5) is 10.4. The SMILES string of the molecule is CC1(C)CC(C(F)C(=O)O)CCO1. The monoisotopic (exact) mass is 190 g/mol. The van der Waals surface area contributed by atoms with Crippen molar-refractivity contribution >= 4 is 5.97 Å². The molecule has 1 saturated heterocycles. The van der Waals surface area contributed by atoms with Gasteiger partial charge >= 0.3 is 5.97 Å². The highest BCUT2D eigenvalue weighted by Gasteiger charge is 2.36. The lowest BCUT2D eigenvalue weighted by atomic mass is 9.85. The topological polar surface area (TPSA) is 46.5 Å². The molecular formula is C9H15FO3. The number of carbonyl (C=O) groups is 1. The summed E-state index contributed by atoms with van der Waals surface area (Å²) in [5.74, 6) is -1.76. The van der Waals surface area contributed by atoms with Crippen molar-refractivity contribution in [2.45, 2.75) is 38.5 Å². The zero-order valence-electron chi connectivity index (χ0n) is 7.92. The van der Waals surface area contributed by atoms with E-state index in [1.165, 1.54) is 0 Å². The van der Waals surface area contributed by atoms with Crippen LogP contribution < -0.4 is 0 Å². The molecule has 0 amide bonds. The van der Waals surface area contributed by atoms with Gasteiger partial charge in [0.05, 0.1) is 5.60 Å². The molecule has 1 aliphatic heterocycles. The van der Waals surface area contributed by atoms with Gasteiger partial charge in [0.25, 0.3) is 0 Å². The van der Waals surface area contributed by atoms with Gasteiger partial charge in [-0.25, -0.2) is 9.18 Å². The fourth-order valence-corrected chi connectivity index (χ4v) is 1.73. The number of hydrogen-bond donors (Lipinski definition) is 1. The summed E-state index contributed by atoms with van der Waals surface area (Å²) in [7, 11) is 0. The van der Waals surface area contributed by atoms with Crippen LogP contribution in [0.5, 0.6) is 0 Å². The van der Waals surface area contributed by atoms with E-state index in [-0.39, 0.29) is 5.60 Å². The molecule has 0 spiro atoms. The summed E-state index contributed by atoms with van der Waals surface area (Å²) in [6.07, 6.45) is -0.777. The third-order valence-corrected chi connectivity index (χ3v) is 2.39. The highest BCUT2D eigenvalue weighted by molar-refractivity contribution is 5.72. The maximum absolute atomic E-state index is 13.1. The van der Waals surface area contributed by atoms with Crippen LogP contribution in [0.4, 0.5) is 4.39 Å². The van der Waals surface area contributed by atoms with E-state index in [4.69, 9.17) is 9.84 Å². The van der Waals surface area contributed by atoms with Crippen LogP contribution in [-0.4, -0.2) is 29.5 Å². The van der Waals surface area contributed by atoms with E-state index in [0.29, 0.717) is 19.4 Å². The second kappa shape index (κ2) is 3.62. The fourth-order valence-electron chi connectivity index (χ4n) is 1.73. The van der Waals surface area contributed by atoms with E-state index in [1.807, 2.05) is 13.8 Å². The number of carboxylic acid groups (broad SMARTS) is 1. The number of rotatable bonds is 2. The van der Waals surface area contributed by atoms with Crippen LogP contribution in [0.3, 0.4) is 0 Å². The van der Waals surface area contributed by atoms with Gasteiger partial charge in [0.15, 0.2) is 6.17 Å². The van der Waals surface area contributed by atoms with Gasteiger partial charge in [-0.1, -0.05) is 0 Å². The Hall–Kier alpha value is -0.640. The minimum atomic E-state index is -1.75. The Morgan fingerprint density at radius 1 is 1.69 bits per heavy atom. The lowest BCUT2D eigenvalue weighted by Gasteiger charge is -2.35. The summed E-state index contributed by atoms with van der Waals surface area (Å²) in [6, 6.07) is 0. The molecule has 13 heavy (non-hydrogen) atoms. The van der Waals surface area contributed by atoms with Gasteiger partial charge in [-0.3, -0.25) is 0 Å². The van der Waals surface area contributed by atoms with Gasteiger partial charge < -0.3 is 9.84 Å². The van der Waals surface area contributed by atoms with Gasteiger partial charge in [-0.15, -0.1) is 0 Å². The Labute approximate surface area is 76.9 Å². The number of ether oxygens (including phenoxy) is 1. The van der Waals surface area contributed by atoms with Crippen molar-refractivity contribution in [3.63, 3.8) is 0 Å². The normalized spacial score (nSPS) is 29.6. The molecule has 0 bridgehead atoms. The molecule has 1 N–H and O–H groups in total. The van der Waals surface area contributed by atoms with E-state index in [9.17, 15) is 9.18 Å². The average Bonchev–Trinajstić information content (AvgIpc) is 2.01. The summed E-state index contributed by atoms with van der Waals surface area (Å²) >= 11 is 0. The smallest absolute Gasteiger partial charge is 0.338 e. The third-order valence-electron chi connectivity index (χ3n) is 2.39. The average molecular weight is 190 g/mol. The highest BCUT2D eigenvalue weighted by atomic mass is 19.1. The molecule has 0 saturated carbocycles. The standard InChI is InChI=1S/C9H15FO3/c1-9(2)5-6(3-4-13-9)7(10)8(11)12/h6-7H,3-5H2,1-2H3,(H,11,12). The first-order valence-corrected chi connectivity index (χ1v) is 4.43. The predicted octanol–water partition coefficient (Wildman–Crippen LogP) is 1.61. The zero-order chi connectivity index (χ0) is 10.1. The molecule has 1 fully saturated rings. The van der Waals surface area contributed by atoms with Crippen LogP contribution in [0.2, 0.25) is 0 Å². The maximum Gasteiger partial charge on any atom is 0.338 e. The Bertz CT molecular complexity index is 203. The molecule has 0 radical (unpaired) electrons. The lowest BCUT2D eigenvalue weighted by Crippen LogP contribution is -2.39. The number of aliphatic carboxylic acids is 1. The van der Waals surface area contributed by atoms with E-state index < -0.39 is 18.1 Å². The molecule has 0 aromatic heterocycles. The molecule has 4 heteroatoms. The van der Waals surface area contributed by atoms with Crippen molar-refractivity contribution in [2.24, 2.45) is 5.92 Å². The van der Waals surface area contributed by atoms with Crippen molar-refractivity contribution in [1.82, 2.24) is 0 Å². The van der Waals surface area contributed by atoms with Crippen LogP contribution in [0.1, 0.15) is 26.7 Å². The minimum Gasteiger partial charge on any atom is -0.479 e. The van der Waals surface area contributed by atoms with E-state index in [0.717, 1.165) is 0 Å². The van der Waals surface area contributed by atoms with Gasteiger partial charge in [-0.05, 0) is 26.7 Å². The molecule has 0 aromatic carbocycles. The molecule has 1 aliphatic rings. The molecule has 2 atom stereocenters. The molecule has 3 nitrogen and oxygen atoms in total. The van der Waals surface area contributed by atoms with Gasteiger partial charge in [0.2, 0.25) is 0 Å². The van der Waals surface area contributed by atoms with Gasteiger partial charge in [-0.2, -0.15) is 0 Å². The van der Waals surface area contributed by atoms with E-state index in [1.54, 1.807) is 0 Å². The third kappa shape index (κ3) is 2.66. The Morgan fingerprint density at radius 3 is 2.77 bits per heavy atom. The molecule has 0 aromatic rings. The summed E-state index contributed by atoms with van der Waals surface area (Å²) in [6.45, 7) is 4.16. The van der Waals surface area contributed by atoms with Crippen LogP contribution >= 0.6 is 0 Å². The lowest BCUT2D eigenvalue weighted by molar-refractivity contribution is -0.149. The number of alkyl halides is 1. The highest BCUT2D eigenvalue weighted by Crippen LogP contribution is 2.31. The first-order chi connectivity index (χ1) is 5.92. The fraction of sp³-hybridized carbons (Fsp3) is 0.889. The van der Waals surface area contributed by atoms with Crippen LogP contribution in [0.15, 0.2) is 0 Å². The molecule has 2 unspecified atom stereocenters. The van der Waals surface area contributed by atoms with Crippen LogP contribution in [0.25, 0.3) is 0 Å². The van der Waals surface area contributed by atoms with Gasteiger partial charge in [0, 0.05) is 12.5 Å². The quantitative estimate of drug-likeness (QED) is 0.719. The molecular weight excluding hydrogens is 175 g/mol. The Kier molecular flexibility index (Phi) is 2.91. The van der Waals surface area contributed by atoms with Gasteiger partial charge in [0.1, 0.15) is 0 Å². The second-order valence-electron chi connectivity index (χ2n) is 4.10. The number of halogens is 1. The van der Waals surface area contributed by atoms with E-state index in [2.05, 4.69) is 0 Å². The first-order valence-electron chi connectivity index (χ1n) is 4.43. The molecule has 0 aliphatic carbocycles. The maximum atomic E-state index is 13.1. The van der Waals surface area contributed by atoms with Crippen molar-refractivity contribution in [1.29, 1.82) is 0 Å². The minimum absolute atomic E-state index is 0.386. The molecule has 1 heterocycles. The molecule has 1 rings (SSSR count). The second-order valence-corrected chi connectivity index (χ2v) is 4.10. The Morgan fingerprint density at radius 2 is 2.31 bits per heavy atom. The first kappa shape index (κ1) is 10.4.